The Labute approximate surface area is 167 Å². The summed E-state index contributed by atoms with van der Waals surface area (Å²) in [5.74, 6) is -1.40. The summed E-state index contributed by atoms with van der Waals surface area (Å²) in [6.45, 7) is 2.68. The van der Waals surface area contributed by atoms with Crippen molar-refractivity contribution < 1.29 is 19.5 Å². The number of aliphatic carboxylic acids is 1. The molecule has 2 unspecified atom stereocenters. The topological polar surface area (TPSA) is 86.7 Å². The number of carboxylic acids is 1. The molecular weight excluding hydrogens is 376 g/mol. The number of nitrogens with zero attached hydrogens (tertiary/aromatic N) is 1. The monoisotopic (exact) mass is 398 g/mol. The minimum atomic E-state index is -0.942. The Morgan fingerprint density at radius 3 is 2.57 bits per heavy atom. The Balaban J connectivity index is 1.65. The molecule has 146 valence electrons. The summed E-state index contributed by atoms with van der Waals surface area (Å²) in [5, 5.41) is 11.3. The molecule has 2 aromatic carbocycles. The Morgan fingerprint density at radius 2 is 1.86 bits per heavy atom. The zero-order chi connectivity index (χ0) is 20.1. The van der Waals surface area contributed by atoms with E-state index in [0.717, 1.165) is 17.3 Å². The third-order valence-electron chi connectivity index (χ3n) is 4.60. The van der Waals surface area contributed by atoms with Crippen molar-refractivity contribution in [2.75, 3.05) is 6.54 Å². The van der Waals surface area contributed by atoms with Crippen LogP contribution in [-0.4, -0.2) is 45.6 Å². The lowest BCUT2D eigenvalue weighted by Crippen LogP contribution is -2.41. The number of amides is 2. The van der Waals surface area contributed by atoms with Crippen molar-refractivity contribution in [3.8, 4) is 0 Å². The molecule has 0 radical (unpaired) electrons. The SMILES string of the molecule is CC(Sc1ccccc1C(=O)NC1CCN(Cc2ccccc2)C1=O)C(=O)O. The van der Waals surface area contributed by atoms with Crippen LogP contribution in [0.2, 0.25) is 0 Å². The summed E-state index contributed by atoms with van der Waals surface area (Å²) in [7, 11) is 0. The molecule has 0 saturated carbocycles. The van der Waals surface area contributed by atoms with Crippen LogP contribution in [-0.2, 0) is 16.1 Å². The third-order valence-corrected chi connectivity index (χ3v) is 5.77. The van der Waals surface area contributed by atoms with Crippen LogP contribution in [0.4, 0.5) is 0 Å². The van der Waals surface area contributed by atoms with Gasteiger partial charge in [-0.2, -0.15) is 0 Å². The van der Waals surface area contributed by atoms with Gasteiger partial charge in [-0.25, -0.2) is 0 Å². The summed E-state index contributed by atoms with van der Waals surface area (Å²) in [6.07, 6.45) is 0.554. The maximum atomic E-state index is 12.7. The van der Waals surface area contributed by atoms with E-state index in [9.17, 15) is 14.4 Å². The number of carboxylic acid groups (broad SMARTS) is 1. The van der Waals surface area contributed by atoms with Gasteiger partial charge in [0.2, 0.25) is 5.91 Å². The predicted molar refractivity (Wildman–Crippen MR) is 107 cm³/mol. The Kier molecular flexibility index (Phi) is 6.36. The van der Waals surface area contributed by atoms with Crippen molar-refractivity contribution in [2.45, 2.75) is 36.1 Å². The van der Waals surface area contributed by atoms with Gasteiger partial charge in [0.15, 0.2) is 0 Å². The van der Waals surface area contributed by atoms with Crippen molar-refractivity contribution in [3.63, 3.8) is 0 Å². The van der Waals surface area contributed by atoms with E-state index in [2.05, 4.69) is 5.32 Å². The standard InChI is InChI=1S/C21H22N2O4S/c1-14(21(26)27)28-18-10-6-5-9-16(18)19(24)22-17-11-12-23(20(17)25)13-15-7-3-2-4-8-15/h2-10,14,17H,11-13H2,1H3,(H,22,24)(H,26,27). The van der Waals surface area contributed by atoms with E-state index in [1.54, 1.807) is 36.1 Å². The van der Waals surface area contributed by atoms with Crippen molar-refractivity contribution >= 4 is 29.5 Å². The Morgan fingerprint density at radius 1 is 1.18 bits per heavy atom. The number of hydrogen-bond donors (Lipinski definition) is 2. The summed E-state index contributed by atoms with van der Waals surface area (Å²) in [5.41, 5.74) is 1.43. The van der Waals surface area contributed by atoms with Crippen LogP contribution in [0.25, 0.3) is 0 Å². The zero-order valence-corrected chi connectivity index (χ0v) is 16.3. The molecule has 28 heavy (non-hydrogen) atoms. The summed E-state index contributed by atoms with van der Waals surface area (Å²) < 4.78 is 0. The first-order valence-corrected chi connectivity index (χ1v) is 9.95. The van der Waals surface area contributed by atoms with E-state index in [-0.39, 0.29) is 11.8 Å². The highest BCUT2D eigenvalue weighted by molar-refractivity contribution is 8.00. The van der Waals surface area contributed by atoms with E-state index in [1.165, 1.54) is 0 Å². The quantitative estimate of drug-likeness (QED) is 0.701. The average Bonchev–Trinajstić information content (AvgIpc) is 3.02. The highest BCUT2D eigenvalue weighted by atomic mass is 32.2. The molecule has 2 atom stereocenters. The second-order valence-corrected chi connectivity index (χ2v) is 8.04. The van der Waals surface area contributed by atoms with E-state index in [4.69, 9.17) is 5.11 Å². The Hall–Kier alpha value is -2.80. The molecular formula is C21H22N2O4S. The highest BCUT2D eigenvalue weighted by Gasteiger charge is 2.33. The molecule has 0 aromatic heterocycles. The molecule has 1 aliphatic heterocycles. The van der Waals surface area contributed by atoms with Gasteiger partial charge in [-0.05, 0) is 31.0 Å². The summed E-state index contributed by atoms with van der Waals surface area (Å²) in [6, 6.07) is 16.0. The van der Waals surface area contributed by atoms with Gasteiger partial charge in [0.1, 0.15) is 11.3 Å². The molecule has 2 aromatic rings. The van der Waals surface area contributed by atoms with Gasteiger partial charge in [0, 0.05) is 18.0 Å². The molecule has 0 aliphatic carbocycles. The fraction of sp³-hybridized carbons (Fsp3) is 0.286. The highest BCUT2D eigenvalue weighted by Crippen LogP contribution is 2.27. The molecule has 0 bridgehead atoms. The molecule has 6 nitrogen and oxygen atoms in total. The number of rotatable bonds is 7. The molecule has 3 rings (SSSR count). The fourth-order valence-electron chi connectivity index (χ4n) is 3.07. The molecule has 1 fully saturated rings. The molecule has 2 N–H and O–H groups in total. The molecule has 0 spiro atoms. The maximum Gasteiger partial charge on any atom is 0.316 e. The van der Waals surface area contributed by atoms with Gasteiger partial charge >= 0.3 is 5.97 Å². The largest absolute Gasteiger partial charge is 0.480 e. The molecule has 1 saturated heterocycles. The summed E-state index contributed by atoms with van der Waals surface area (Å²) >= 11 is 1.11. The number of carbonyl (C=O) groups excluding carboxylic acids is 2. The average molecular weight is 398 g/mol. The van der Waals surface area contributed by atoms with Crippen LogP contribution in [0.15, 0.2) is 59.5 Å². The van der Waals surface area contributed by atoms with E-state index in [0.29, 0.717) is 30.0 Å². The van der Waals surface area contributed by atoms with Crippen molar-refractivity contribution in [3.05, 3.63) is 65.7 Å². The van der Waals surface area contributed by atoms with Gasteiger partial charge in [0.05, 0.1) is 5.56 Å². The first kappa shape index (κ1) is 19.9. The molecule has 7 heteroatoms. The number of likely N-dealkylation sites (tertiary alicyclic amines) is 1. The lowest BCUT2D eigenvalue weighted by atomic mass is 10.2. The minimum Gasteiger partial charge on any atom is -0.480 e. The fourth-order valence-corrected chi connectivity index (χ4v) is 3.99. The van der Waals surface area contributed by atoms with Crippen molar-refractivity contribution in [1.82, 2.24) is 10.2 Å². The Bertz CT molecular complexity index is 872. The van der Waals surface area contributed by atoms with Gasteiger partial charge in [0.25, 0.3) is 5.91 Å². The zero-order valence-electron chi connectivity index (χ0n) is 15.5. The van der Waals surface area contributed by atoms with E-state index >= 15 is 0 Å². The number of thioether (sulfide) groups is 1. The van der Waals surface area contributed by atoms with Gasteiger partial charge in [-0.15, -0.1) is 11.8 Å². The van der Waals surface area contributed by atoms with Crippen LogP contribution in [0.5, 0.6) is 0 Å². The maximum absolute atomic E-state index is 12.7. The lowest BCUT2D eigenvalue weighted by molar-refractivity contribution is -0.136. The minimum absolute atomic E-state index is 0.0961. The van der Waals surface area contributed by atoms with Gasteiger partial charge < -0.3 is 15.3 Å². The predicted octanol–water partition coefficient (Wildman–Crippen LogP) is 2.78. The van der Waals surface area contributed by atoms with Crippen LogP contribution in [0, 0.1) is 0 Å². The molecule has 2 amide bonds. The third kappa shape index (κ3) is 4.72. The number of benzene rings is 2. The molecule has 1 heterocycles. The smallest absolute Gasteiger partial charge is 0.316 e. The van der Waals surface area contributed by atoms with Crippen molar-refractivity contribution in [2.24, 2.45) is 0 Å². The molecule has 1 aliphatic rings. The van der Waals surface area contributed by atoms with Gasteiger partial charge in [-0.3, -0.25) is 14.4 Å². The summed E-state index contributed by atoms with van der Waals surface area (Å²) in [4.78, 5) is 38.8. The second-order valence-electron chi connectivity index (χ2n) is 6.65. The second kappa shape index (κ2) is 8.93. The number of carbonyl (C=O) groups is 3. The van der Waals surface area contributed by atoms with Crippen LogP contribution >= 0.6 is 11.8 Å². The first-order chi connectivity index (χ1) is 13.5. The van der Waals surface area contributed by atoms with Crippen molar-refractivity contribution in [1.29, 1.82) is 0 Å². The van der Waals surface area contributed by atoms with Gasteiger partial charge in [-0.1, -0.05) is 42.5 Å². The van der Waals surface area contributed by atoms with Crippen LogP contribution in [0.1, 0.15) is 29.3 Å². The normalized spacial score (nSPS) is 17.4. The lowest BCUT2D eigenvalue weighted by Gasteiger charge is -2.18. The van der Waals surface area contributed by atoms with Crippen LogP contribution < -0.4 is 5.32 Å². The van der Waals surface area contributed by atoms with Crippen LogP contribution in [0.3, 0.4) is 0 Å². The first-order valence-electron chi connectivity index (χ1n) is 9.08. The van der Waals surface area contributed by atoms with E-state index in [1.807, 2.05) is 30.3 Å². The number of hydrogen-bond acceptors (Lipinski definition) is 4. The van der Waals surface area contributed by atoms with E-state index < -0.39 is 17.3 Å². The number of nitrogens with one attached hydrogen (secondary N) is 1.